The van der Waals surface area contributed by atoms with Crippen LogP contribution in [0.1, 0.15) is 28.7 Å². The first kappa shape index (κ1) is 17.6. The van der Waals surface area contributed by atoms with Gasteiger partial charge in [-0.1, -0.05) is 31.2 Å². The number of rotatable bonds is 5. The molecule has 0 saturated heterocycles. The van der Waals surface area contributed by atoms with Gasteiger partial charge in [0.15, 0.2) is 10.7 Å². The Balaban J connectivity index is 1.46. The van der Waals surface area contributed by atoms with Crippen LogP contribution in [0.2, 0.25) is 0 Å². The molecular formula is C19H15N3O3S2. The maximum atomic E-state index is 12.3. The maximum Gasteiger partial charge on any atom is 0.358 e. The lowest BCUT2D eigenvalue weighted by Gasteiger charge is -2.03. The van der Waals surface area contributed by atoms with Crippen LogP contribution in [0.25, 0.3) is 15.5 Å². The molecule has 27 heavy (non-hydrogen) atoms. The fraction of sp³-hybridized carbons (Fsp3) is 0.158. The van der Waals surface area contributed by atoms with Crippen LogP contribution in [0.15, 0.2) is 52.1 Å². The summed E-state index contributed by atoms with van der Waals surface area (Å²) < 4.78 is 6.73. The number of benzene rings is 1. The fourth-order valence-corrected chi connectivity index (χ4v) is 4.09. The summed E-state index contributed by atoms with van der Waals surface area (Å²) in [4.78, 5) is 33.5. The van der Waals surface area contributed by atoms with Gasteiger partial charge in [-0.05, 0) is 12.0 Å². The third-order valence-electron chi connectivity index (χ3n) is 4.03. The Hall–Kier alpha value is -2.84. The monoisotopic (exact) mass is 397 g/mol. The molecule has 3 heterocycles. The SMILES string of the molecule is CCc1ccc(-c2nc(C(=O)OCc3cc(=O)n4ccsc4n3)cs2)cc1. The van der Waals surface area contributed by atoms with Crippen molar-refractivity contribution >= 4 is 33.6 Å². The number of aryl methyl sites for hydroxylation is 1. The Labute approximate surface area is 162 Å². The molecule has 8 heteroatoms. The highest BCUT2D eigenvalue weighted by molar-refractivity contribution is 7.15. The van der Waals surface area contributed by atoms with E-state index in [9.17, 15) is 9.59 Å². The molecule has 6 nitrogen and oxygen atoms in total. The van der Waals surface area contributed by atoms with Crippen molar-refractivity contribution in [3.8, 4) is 10.6 Å². The van der Waals surface area contributed by atoms with Crippen molar-refractivity contribution in [2.45, 2.75) is 20.0 Å². The van der Waals surface area contributed by atoms with Gasteiger partial charge in [0.1, 0.15) is 11.6 Å². The minimum absolute atomic E-state index is 0.0689. The second-order valence-corrected chi connectivity index (χ2v) is 7.54. The number of thiazole rings is 2. The molecule has 1 aromatic carbocycles. The maximum absolute atomic E-state index is 12.3. The molecule has 0 aliphatic heterocycles. The molecule has 0 amide bonds. The lowest BCUT2D eigenvalue weighted by atomic mass is 10.1. The van der Waals surface area contributed by atoms with Crippen LogP contribution in [-0.2, 0) is 17.8 Å². The van der Waals surface area contributed by atoms with Crippen molar-refractivity contribution in [1.82, 2.24) is 14.4 Å². The zero-order valence-electron chi connectivity index (χ0n) is 14.4. The first-order valence-electron chi connectivity index (χ1n) is 8.32. The second kappa shape index (κ2) is 7.42. The van der Waals surface area contributed by atoms with Crippen molar-refractivity contribution in [1.29, 1.82) is 0 Å². The normalized spacial score (nSPS) is 11.0. The predicted molar refractivity (Wildman–Crippen MR) is 105 cm³/mol. The van der Waals surface area contributed by atoms with E-state index in [-0.39, 0.29) is 17.9 Å². The fourth-order valence-electron chi connectivity index (χ4n) is 2.56. The van der Waals surface area contributed by atoms with E-state index in [1.807, 2.05) is 12.1 Å². The molecule has 0 unspecified atom stereocenters. The molecule has 0 bridgehead atoms. The van der Waals surface area contributed by atoms with Gasteiger partial charge in [0, 0.05) is 28.6 Å². The first-order valence-corrected chi connectivity index (χ1v) is 10.1. The predicted octanol–water partition coefficient (Wildman–Crippen LogP) is 3.80. The highest BCUT2D eigenvalue weighted by atomic mass is 32.1. The van der Waals surface area contributed by atoms with Gasteiger partial charge in [0.05, 0.1) is 5.69 Å². The Morgan fingerprint density at radius 1 is 1.19 bits per heavy atom. The minimum Gasteiger partial charge on any atom is -0.454 e. The second-order valence-electron chi connectivity index (χ2n) is 5.81. The van der Waals surface area contributed by atoms with Gasteiger partial charge >= 0.3 is 5.97 Å². The van der Waals surface area contributed by atoms with E-state index in [1.165, 1.54) is 38.7 Å². The molecule has 4 aromatic rings. The third-order valence-corrected chi connectivity index (χ3v) is 5.68. The number of hydrogen-bond donors (Lipinski definition) is 0. The molecule has 0 aliphatic rings. The van der Waals surface area contributed by atoms with Crippen molar-refractivity contribution in [2.24, 2.45) is 0 Å². The van der Waals surface area contributed by atoms with Crippen LogP contribution < -0.4 is 5.56 Å². The van der Waals surface area contributed by atoms with Gasteiger partial charge in [0.2, 0.25) is 0 Å². The highest BCUT2D eigenvalue weighted by Crippen LogP contribution is 2.24. The summed E-state index contributed by atoms with van der Waals surface area (Å²) in [6.45, 7) is 2.03. The average molecular weight is 397 g/mol. The topological polar surface area (TPSA) is 73.6 Å². The Morgan fingerprint density at radius 2 is 2.00 bits per heavy atom. The Bertz CT molecular complexity index is 1160. The van der Waals surface area contributed by atoms with Gasteiger partial charge in [-0.25, -0.2) is 14.8 Å². The molecular weight excluding hydrogens is 382 g/mol. The van der Waals surface area contributed by atoms with Gasteiger partial charge in [-0.15, -0.1) is 22.7 Å². The van der Waals surface area contributed by atoms with E-state index in [1.54, 1.807) is 17.0 Å². The Kier molecular flexibility index (Phi) is 4.83. The zero-order valence-corrected chi connectivity index (χ0v) is 16.0. The standard InChI is InChI=1S/C19H15N3O3S2/c1-2-12-3-5-13(6-4-12)17-21-15(11-27-17)18(24)25-10-14-9-16(23)22-7-8-26-19(22)20-14/h3-9,11H,2,10H2,1H3. The van der Waals surface area contributed by atoms with E-state index < -0.39 is 5.97 Å². The summed E-state index contributed by atoms with van der Waals surface area (Å²) in [7, 11) is 0. The van der Waals surface area contributed by atoms with Crippen molar-refractivity contribution < 1.29 is 9.53 Å². The number of hydrogen-bond acceptors (Lipinski definition) is 7. The average Bonchev–Trinajstić information content (AvgIpc) is 3.36. The largest absolute Gasteiger partial charge is 0.454 e. The summed E-state index contributed by atoms with van der Waals surface area (Å²) >= 11 is 2.74. The number of esters is 1. The molecule has 0 aliphatic carbocycles. The molecule has 0 atom stereocenters. The molecule has 0 fully saturated rings. The lowest BCUT2D eigenvalue weighted by molar-refractivity contribution is 0.0462. The molecule has 0 saturated carbocycles. The molecule has 0 N–H and O–H groups in total. The number of aromatic nitrogens is 3. The Morgan fingerprint density at radius 3 is 2.78 bits per heavy atom. The molecule has 3 aromatic heterocycles. The summed E-state index contributed by atoms with van der Waals surface area (Å²) in [5, 5.41) is 4.22. The smallest absolute Gasteiger partial charge is 0.358 e. The summed E-state index contributed by atoms with van der Waals surface area (Å²) in [5.74, 6) is -0.532. The van der Waals surface area contributed by atoms with E-state index in [2.05, 4.69) is 29.0 Å². The van der Waals surface area contributed by atoms with Crippen LogP contribution in [0.3, 0.4) is 0 Å². The molecule has 0 radical (unpaired) electrons. The molecule has 0 spiro atoms. The number of fused-ring (bicyclic) bond motifs is 1. The van der Waals surface area contributed by atoms with Gasteiger partial charge in [-0.2, -0.15) is 0 Å². The van der Waals surface area contributed by atoms with Crippen molar-refractivity contribution in [3.05, 3.63) is 74.6 Å². The summed E-state index contributed by atoms with van der Waals surface area (Å²) in [6, 6.07) is 9.48. The lowest BCUT2D eigenvalue weighted by Crippen LogP contribution is -2.14. The van der Waals surface area contributed by atoms with E-state index in [0.29, 0.717) is 10.7 Å². The number of ether oxygens (including phenoxy) is 1. The van der Waals surface area contributed by atoms with Crippen LogP contribution in [0, 0.1) is 0 Å². The van der Waals surface area contributed by atoms with Crippen LogP contribution in [0.4, 0.5) is 0 Å². The highest BCUT2D eigenvalue weighted by Gasteiger charge is 2.14. The number of carbonyl (C=O) groups is 1. The number of nitrogens with zero attached hydrogens (tertiary/aromatic N) is 3. The first-order chi connectivity index (χ1) is 13.1. The molecule has 4 rings (SSSR count). The quantitative estimate of drug-likeness (QED) is 0.479. The van der Waals surface area contributed by atoms with Crippen LogP contribution >= 0.6 is 22.7 Å². The van der Waals surface area contributed by atoms with Crippen LogP contribution in [-0.4, -0.2) is 20.3 Å². The summed E-state index contributed by atoms with van der Waals surface area (Å²) in [5.41, 5.74) is 2.69. The zero-order chi connectivity index (χ0) is 18.8. The van der Waals surface area contributed by atoms with Gasteiger partial charge < -0.3 is 4.74 Å². The van der Waals surface area contributed by atoms with Crippen molar-refractivity contribution in [3.63, 3.8) is 0 Å². The van der Waals surface area contributed by atoms with E-state index in [4.69, 9.17) is 4.74 Å². The van der Waals surface area contributed by atoms with E-state index >= 15 is 0 Å². The van der Waals surface area contributed by atoms with E-state index in [0.717, 1.165) is 17.0 Å². The number of carbonyl (C=O) groups excluding carboxylic acids is 1. The molecule has 136 valence electrons. The van der Waals surface area contributed by atoms with Crippen molar-refractivity contribution in [2.75, 3.05) is 0 Å². The van der Waals surface area contributed by atoms with Gasteiger partial charge in [0.25, 0.3) is 5.56 Å². The minimum atomic E-state index is -0.532. The summed E-state index contributed by atoms with van der Waals surface area (Å²) in [6.07, 6.45) is 2.64. The third kappa shape index (κ3) is 3.67. The van der Waals surface area contributed by atoms with Crippen LogP contribution in [0.5, 0.6) is 0 Å². The van der Waals surface area contributed by atoms with Gasteiger partial charge in [-0.3, -0.25) is 9.20 Å².